The maximum Gasteiger partial charge on any atom is 0.271 e. The Morgan fingerprint density at radius 1 is 0.878 bits per heavy atom. The van der Waals surface area contributed by atoms with E-state index in [2.05, 4.69) is 0 Å². The molecule has 9 heteroatoms. The van der Waals surface area contributed by atoms with Gasteiger partial charge in [0.2, 0.25) is 0 Å². The first kappa shape index (κ1) is 29.1. The third kappa shape index (κ3) is 7.08. The molecular formula is C32H25Cl3N2O3S. The molecule has 0 radical (unpaired) electrons. The summed E-state index contributed by atoms with van der Waals surface area (Å²) in [5, 5.41) is 2.06. The van der Waals surface area contributed by atoms with Gasteiger partial charge in [-0.25, -0.2) is 4.99 Å². The van der Waals surface area contributed by atoms with Crippen LogP contribution in [0, 0.1) is 6.92 Å². The van der Waals surface area contributed by atoms with E-state index in [0.717, 1.165) is 5.56 Å². The lowest BCUT2D eigenvalue weighted by molar-refractivity contribution is -0.113. The van der Waals surface area contributed by atoms with Crippen molar-refractivity contribution in [1.82, 2.24) is 0 Å². The van der Waals surface area contributed by atoms with Crippen molar-refractivity contribution in [3.63, 3.8) is 0 Å². The van der Waals surface area contributed by atoms with Gasteiger partial charge in [0.05, 0.1) is 27.9 Å². The molecule has 4 aromatic rings. The van der Waals surface area contributed by atoms with E-state index in [0.29, 0.717) is 66.8 Å². The number of aliphatic imine (C=N–C) groups is 1. The van der Waals surface area contributed by atoms with E-state index in [1.807, 2.05) is 44.2 Å². The lowest BCUT2D eigenvalue weighted by atomic mass is 10.1. The van der Waals surface area contributed by atoms with Gasteiger partial charge in [0.15, 0.2) is 16.7 Å². The minimum absolute atomic E-state index is 0.223. The van der Waals surface area contributed by atoms with E-state index >= 15 is 0 Å². The molecule has 0 saturated carbocycles. The Balaban J connectivity index is 1.48. The van der Waals surface area contributed by atoms with Crippen LogP contribution >= 0.6 is 46.6 Å². The van der Waals surface area contributed by atoms with Gasteiger partial charge in [0, 0.05) is 10.0 Å². The number of benzene rings is 4. The maximum atomic E-state index is 13.7. The quantitative estimate of drug-likeness (QED) is 0.183. The molecule has 41 heavy (non-hydrogen) atoms. The van der Waals surface area contributed by atoms with Gasteiger partial charge in [-0.2, -0.15) is 0 Å². The van der Waals surface area contributed by atoms with Crippen molar-refractivity contribution in [3.05, 3.63) is 122 Å². The number of thioether (sulfide) groups is 1. The molecule has 0 aromatic heterocycles. The minimum Gasteiger partial charge on any atom is -0.490 e. The second-order valence-electron chi connectivity index (χ2n) is 9.14. The number of rotatable bonds is 8. The fourth-order valence-electron chi connectivity index (χ4n) is 4.06. The molecule has 5 nitrogen and oxygen atoms in total. The minimum atomic E-state index is -0.223. The third-order valence-corrected chi connectivity index (χ3v) is 7.83. The topological polar surface area (TPSA) is 51.1 Å². The molecular weight excluding hydrogens is 599 g/mol. The second-order valence-corrected chi connectivity index (χ2v) is 11.4. The molecule has 1 aliphatic rings. The summed E-state index contributed by atoms with van der Waals surface area (Å²) in [4.78, 5) is 20.5. The van der Waals surface area contributed by atoms with E-state index in [4.69, 9.17) is 49.3 Å². The zero-order chi connectivity index (χ0) is 28.9. The van der Waals surface area contributed by atoms with Crippen molar-refractivity contribution in [1.29, 1.82) is 0 Å². The molecule has 1 aliphatic heterocycles. The summed E-state index contributed by atoms with van der Waals surface area (Å²) in [5.41, 5.74) is 4.20. The average molecular weight is 624 g/mol. The second kappa shape index (κ2) is 13.0. The van der Waals surface area contributed by atoms with Crippen LogP contribution in [0.4, 0.5) is 11.4 Å². The summed E-state index contributed by atoms with van der Waals surface area (Å²) in [6, 6.07) is 25.8. The number of halogens is 3. The Kier molecular flexibility index (Phi) is 9.25. The van der Waals surface area contributed by atoms with Crippen molar-refractivity contribution in [2.24, 2.45) is 4.99 Å². The fourth-order valence-corrected chi connectivity index (χ4v) is 5.58. The van der Waals surface area contributed by atoms with Crippen LogP contribution in [0.3, 0.4) is 0 Å². The van der Waals surface area contributed by atoms with Crippen LogP contribution in [0.2, 0.25) is 15.1 Å². The zero-order valence-electron chi connectivity index (χ0n) is 22.2. The Labute approximate surface area is 258 Å². The highest BCUT2D eigenvalue weighted by molar-refractivity contribution is 8.19. The van der Waals surface area contributed by atoms with Crippen molar-refractivity contribution < 1.29 is 14.3 Å². The number of carbonyl (C=O) groups is 1. The van der Waals surface area contributed by atoms with Gasteiger partial charge < -0.3 is 9.47 Å². The van der Waals surface area contributed by atoms with Gasteiger partial charge in [-0.1, -0.05) is 64.6 Å². The number of amidine groups is 1. The summed E-state index contributed by atoms with van der Waals surface area (Å²) in [5.74, 6) is 0.729. The molecule has 0 N–H and O–H groups in total. The molecule has 4 aromatic carbocycles. The van der Waals surface area contributed by atoms with Crippen LogP contribution in [0.15, 0.2) is 94.8 Å². The number of ether oxygens (including phenoxy) is 2. The Morgan fingerprint density at radius 2 is 1.54 bits per heavy atom. The SMILES string of the molecule is CCOc1cc(/C=C2\SC(=Nc3ccc(Cl)cc3)N(c3ccc(Cl)cc3)C2=O)cc(Cl)c1OCc1ccc(C)cc1. The molecule has 0 bridgehead atoms. The summed E-state index contributed by atoms with van der Waals surface area (Å²) in [6.07, 6.45) is 1.78. The van der Waals surface area contributed by atoms with E-state index < -0.39 is 0 Å². The molecule has 1 amide bonds. The number of aryl methyl sites for hydroxylation is 1. The Morgan fingerprint density at radius 3 is 2.20 bits per heavy atom. The normalized spacial score (nSPS) is 15.1. The lowest BCUT2D eigenvalue weighted by Gasteiger charge is -2.16. The molecule has 1 heterocycles. The standard InChI is InChI=1S/C32H25Cl3N2O3S/c1-3-39-28-17-22(16-27(35)30(28)40-19-21-6-4-20(2)5-7-21)18-29-31(38)37(26-14-10-24(34)11-15-26)32(41-29)36-25-12-8-23(33)9-13-25/h4-18H,3,19H2,1-2H3/b29-18-,36-32?. The molecule has 208 valence electrons. The van der Waals surface area contributed by atoms with Gasteiger partial charge in [-0.15, -0.1) is 0 Å². The monoisotopic (exact) mass is 622 g/mol. The summed E-state index contributed by atoms with van der Waals surface area (Å²) in [6.45, 7) is 4.70. The molecule has 0 aliphatic carbocycles. The highest BCUT2D eigenvalue weighted by Crippen LogP contribution is 2.41. The highest BCUT2D eigenvalue weighted by atomic mass is 35.5. The van der Waals surface area contributed by atoms with E-state index in [-0.39, 0.29) is 5.91 Å². The molecule has 1 fully saturated rings. The summed E-state index contributed by atoms with van der Waals surface area (Å²) in [7, 11) is 0. The smallest absolute Gasteiger partial charge is 0.271 e. The first-order valence-corrected chi connectivity index (χ1v) is 14.7. The number of amides is 1. The van der Waals surface area contributed by atoms with Gasteiger partial charge in [-0.05, 0) is 103 Å². The first-order chi connectivity index (χ1) is 19.8. The van der Waals surface area contributed by atoms with Crippen molar-refractivity contribution in [3.8, 4) is 11.5 Å². The maximum absolute atomic E-state index is 13.7. The van der Waals surface area contributed by atoms with E-state index in [1.165, 1.54) is 17.3 Å². The largest absolute Gasteiger partial charge is 0.490 e. The summed E-state index contributed by atoms with van der Waals surface area (Å²) < 4.78 is 12.0. The third-order valence-electron chi connectivity index (χ3n) is 6.08. The predicted octanol–water partition coefficient (Wildman–Crippen LogP) is 9.74. The highest BCUT2D eigenvalue weighted by Gasteiger charge is 2.35. The number of hydrogen-bond donors (Lipinski definition) is 0. The number of nitrogens with zero attached hydrogens (tertiary/aromatic N) is 2. The average Bonchev–Trinajstić information content (AvgIpc) is 3.25. The van der Waals surface area contributed by atoms with Gasteiger partial charge in [0.25, 0.3) is 5.91 Å². The van der Waals surface area contributed by atoms with Crippen LogP contribution in [0.1, 0.15) is 23.6 Å². The predicted molar refractivity (Wildman–Crippen MR) is 171 cm³/mol. The van der Waals surface area contributed by atoms with Crippen molar-refractivity contribution in [2.75, 3.05) is 11.5 Å². The number of hydrogen-bond acceptors (Lipinski definition) is 5. The molecule has 0 atom stereocenters. The molecule has 0 unspecified atom stereocenters. The Bertz CT molecular complexity index is 1620. The van der Waals surface area contributed by atoms with E-state index in [9.17, 15) is 4.79 Å². The van der Waals surface area contributed by atoms with Gasteiger partial charge in [0.1, 0.15) is 6.61 Å². The van der Waals surface area contributed by atoms with Crippen LogP contribution in [-0.2, 0) is 11.4 Å². The first-order valence-electron chi connectivity index (χ1n) is 12.8. The van der Waals surface area contributed by atoms with Crippen molar-refractivity contribution in [2.45, 2.75) is 20.5 Å². The molecule has 5 rings (SSSR count). The van der Waals surface area contributed by atoms with Crippen molar-refractivity contribution >= 4 is 75.1 Å². The van der Waals surface area contributed by atoms with Crippen LogP contribution in [0.25, 0.3) is 6.08 Å². The van der Waals surface area contributed by atoms with Crippen LogP contribution < -0.4 is 14.4 Å². The Hall–Kier alpha value is -3.42. The molecule has 1 saturated heterocycles. The van der Waals surface area contributed by atoms with Crippen LogP contribution in [-0.4, -0.2) is 17.7 Å². The fraction of sp³-hybridized carbons (Fsp3) is 0.125. The van der Waals surface area contributed by atoms with Gasteiger partial charge >= 0.3 is 0 Å². The van der Waals surface area contributed by atoms with E-state index in [1.54, 1.807) is 65.6 Å². The van der Waals surface area contributed by atoms with Gasteiger partial charge in [-0.3, -0.25) is 9.69 Å². The van der Waals surface area contributed by atoms with Crippen LogP contribution in [0.5, 0.6) is 11.5 Å². The number of carbonyl (C=O) groups excluding carboxylic acids is 1. The number of anilines is 1. The zero-order valence-corrected chi connectivity index (χ0v) is 25.3. The molecule has 0 spiro atoms. The lowest BCUT2D eigenvalue weighted by Crippen LogP contribution is -2.28. The summed E-state index contributed by atoms with van der Waals surface area (Å²) >= 11 is 20.1.